The molecule has 4 heteroatoms. The number of unbranched alkanes of at least 4 members (excludes halogenated alkanes) is 2. The Hall–Kier alpha value is -1.42. The van der Waals surface area contributed by atoms with E-state index >= 15 is 0 Å². The van der Waals surface area contributed by atoms with Crippen LogP contribution in [0.25, 0.3) is 0 Å². The predicted octanol–water partition coefficient (Wildman–Crippen LogP) is 3.30. The highest BCUT2D eigenvalue weighted by atomic mass is 19.1. The summed E-state index contributed by atoms with van der Waals surface area (Å²) >= 11 is 0. The molecule has 1 aromatic carbocycles. The number of hydrogen-bond acceptors (Lipinski definition) is 2. The Bertz CT molecular complexity index is 392. The van der Waals surface area contributed by atoms with Gasteiger partial charge in [-0.05, 0) is 43.5 Å². The van der Waals surface area contributed by atoms with E-state index in [-0.39, 0.29) is 17.8 Å². The summed E-state index contributed by atoms with van der Waals surface area (Å²) in [5, 5.41) is 3.49. The molecule has 0 aliphatic heterocycles. The van der Waals surface area contributed by atoms with Crippen molar-refractivity contribution in [2.24, 2.45) is 5.73 Å². The van der Waals surface area contributed by atoms with E-state index in [1.54, 1.807) is 0 Å². The number of benzene rings is 1. The molecule has 112 valence electrons. The minimum Gasteiger partial charge on any atom is -0.370 e. The van der Waals surface area contributed by atoms with Crippen molar-refractivity contribution in [2.45, 2.75) is 51.5 Å². The first-order chi connectivity index (χ1) is 9.63. The Kier molecular flexibility index (Phi) is 7.88. The topological polar surface area (TPSA) is 55.1 Å². The number of nitrogens with two attached hydrogens (primary N) is 1. The molecule has 0 aliphatic rings. The molecule has 0 radical (unpaired) electrons. The maximum Gasteiger partial charge on any atom is 0.217 e. The number of halogens is 1. The second-order valence-corrected chi connectivity index (χ2v) is 5.12. The quantitative estimate of drug-likeness (QED) is 0.646. The molecular weight excluding hydrogens is 255 g/mol. The average Bonchev–Trinajstić information content (AvgIpc) is 2.42. The Morgan fingerprint density at radius 1 is 1.25 bits per heavy atom. The Morgan fingerprint density at radius 2 is 1.95 bits per heavy atom. The summed E-state index contributed by atoms with van der Waals surface area (Å²) in [6, 6.07) is 6.94. The van der Waals surface area contributed by atoms with Crippen molar-refractivity contribution in [3.05, 3.63) is 35.6 Å². The van der Waals surface area contributed by atoms with Gasteiger partial charge in [-0.3, -0.25) is 4.79 Å². The van der Waals surface area contributed by atoms with Gasteiger partial charge in [0, 0.05) is 12.5 Å². The average molecular weight is 280 g/mol. The monoisotopic (exact) mass is 280 g/mol. The summed E-state index contributed by atoms with van der Waals surface area (Å²) in [6.45, 7) is 3.01. The highest BCUT2D eigenvalue weighted by Crippen LogP contribution is 2.20. The molecule has 3 nitrogen and oxygen atoms in total. The van der Waals surface area contributed by atoms with Crippen LogP contribution in [0.15, 0.2) is 24.3 Å². The van der Waals surface area contributed by atoms with Crippen LogP contribution in [0.5, 0.6) is 0 Å². The summed E-state index contributed by atoms with van der Waals surface area (Å²) in [6.07, 6.45) is 5.49. The van der Waals surface area contributed by atoms with Crippen molar-refractivity contribution in [1.29, 1.82) is 0 Å². The Balaban J connectivity index is 2.43. The maximum absolute atomic E-state index is 13.0. The fourth-order valence-corrected chi connectivity index (χ4v) is 2.19. The Labute approximate surface area is 120 Å². The van der Waals surface area contributed by atoms with Crippen LogP contribution < -0.4 is 11.1 Å². The molecule has 0 saturated carbocycles. The van der Waals surface area contributed by atoms with Crippen LogP contribution in [0.2, 0.25) is 0 Å². The van der Waals surface area contributed by atoms with Gasteiger partial charge in [0.15, 0.2) is 0 Å². The van der Waals surface area contributed by atoms with Crippen LogP contribution >= 0.6 is 0 Å². The van der Waals surface area contributed by atoms with Gasteiger partial charge in [-0.25, -0.2) is 4.39 Å². The van der Waals surface area contributed by atoms with Gasteiger partial charge in [-0.2, -0.15) is 0 Å². The molecule has 20 heavy (non-hydrogen) atoms. The highest BCUT2D eigenvalue weighted by Gasteiger charge is 2.10. The fourth-order valence-electron chi connectivity index (χ4n) is 2.19. The zero-order valence-electron chi connectivity index (χ0n) is 12.2. The minimum absolute atomic E-state index is 0.204. The zero-order valence-corrected chi connectivity index (χ0v) is 12.2. The van der Waals surface area contributed by atoms with E-state index < -0.39 is 0 Å². The third kappa shape index (κ3) is 6.66. The molecule has 0 aromatic heterocycles. The third-order valence-corrected chi connectivity index (χ3v) is 3.36. The molecule has 1 aromatic rings. The number of amides is 1. The van der Waals surface area contributed by atoms with Crippen molar-refractivity contribution >= 4 is 5.91 Å². The normalized spacial score (nSPS) is 12.3. The van der Waals surface area contributed by atoms with E-state index in [1.165, 1.54) is 12.1 Å². The van der Waals surface area contributed by atoms with E-state index in [1.807, 2.05) is 12.1 Å². The molecular formula is C16H25FN2O. The summed E-state index contributed by atoms with van der Waals surface area (Å²) in [7, 11) is 0. The van der Waals surface area contributed by atoms with Crippen LogP contribution in [-0.2, 0) is 4.79 Å². The van der Waals surface area contributed by atoms with E-state index in [2.05, 4.69) is 12.2 Å². The lowest BCUT2D eigenvalue weighted by Crippen LogP contribution is -2.23. The van der Waals surface area contributed by atoms with Gasteiger partial charge in [-0.1, -0.05) is 31.9 Å². The first-order valence-corrected chi connectivity index (χ1v) is 7.40. The lowest BCUT2D eigenvalue weighted by Gasteiger charge is -2.19. The van der Waals surface area contributed by atoms with Crippen LogP contribution in [0.4, 0.5) is 4.39 Å². The molecule has 1 rings (SSSR count). The van der Waals surface area contributed by atoms with Gasteiger partial charge in [0.1, 0.15) is 5.82 Å². The van der Waals surface area contributed by atoms with Crippen molar-refractivity contribution in [2.75, 3.05) is 6.54 Å². The van der Waals surface area contributed by atoms with E-state index in [0.717, 1.165) is 44.2 Å². The SMILES string of the molecule is CCCCC(NCCCCC(N)=O)c1ccc(F)cc1. The number of nitrogens with one attached hydrogen (secondary N) is 1. The smallest absolute Gasteiger partial charge is 0.217 e. The van der Waals surface area contributed by atoms with Crippen molar-refractivity contribution in [1.82, 2.24) is 5.32 Å². The summed E-state index contributed by atoms with van der Waals surface area (Å²) in [4.78, 5) is 10.7. The largest absolute Gasteiger partial charge is 0.370 e. The summed E-state index contributed by atoms with van der Waals surface area (Å²) in [5.74, 6) is -0.449. The molecule has 0 aliphatic carbocycles. The van der Waals surface area contributed by atoms with Gasteiger partial charge in [0.25, 0.3) is 0 Å². The molecule has 0 bridgehead atoms. The summed E-state index contributed by atoms with van der Waals surface area (Å²) in [5.41, 5.74) is 6.23. The number of primary amides is 1. The molecule has 0 saturated heterocycles. The lowest BCUT2D eigenvalue weighted by atomic mass is 10.0. The summed E-state index contributed by atoms with van der Waals surface area (Å²) < 4.78 is 13.0. The fraction of sp³-hybridized carbons (Fsp3) is 0.562. The molecule has 0 spiro atoms. The minimum atomic E-state index is -0.244. The zero-order chi connectivity index (χ0) is 14.8. The molecule has 1 unspecified atom stereocenters. The number of carbonyl (C=O) groups excluding carboxylic acids is 1. The Morgan fingerprint density at radius 3 is 2.55 bits per heavy atom. The van der Waals surface area contributed by atoms with Crippen LogP contribution in [0, 0.1) is 5.82 Å². The highest BCUT2D eigenvalue weighted by molar-refractivity contribution is 5.73. The van der Waals surface area contributed by atoms with Crippen molar-refractivity contribution in [3.8, 4) is 0 Å². The number of carbonyl (C=O) groups is 1. The van der Waals surface area contributed by atoms with Gasteiger partial charge < -0.3 is 11.1 Å². The second-order valence-electron chi connectivity index (χ2n) is 5.12. The van der Waals surface area contributed by atoms with E-state index in [0.29, 0.717) is 6.42 Å². The van der Waals surface area contributed by atoms with Gasteiger partial charge in [0.2, 0.25) is 5.91 Å². The number of hydrogen-bond donors (Lipinski definition) is 2. The van der Waals surface area contributed by atoms with Crippen LogP contribution in [0.3, 0.4) is 0 Å². The molecule has 0 heterocycles. The van der Waals surface area contributed by atoms with Gasteiger partial charge >= 0.3 is 0 Å². The van der Waals surface area contributed by atoms with Gasteiger partial charge in [-0.15, -0.1) is 0 Å². The van der Waals surface area contributed by atoms with E-state index in [9.17, 15) is 9.18 Å². The van der Waals surface area contributed by atoms with Crippen molar-refractivity contribution < 1.29 is 9.18 Å². The lowest BCUT2D eigenvalue weighted by molar-refractivity contribution is -0.118. The molecule has 3 N–H and O–H groups in total. The molecule has 1 atom stereocenters. The third-order valence-electron chi connectivity index (χ3n) is 3.36. The van der Waals surface area contributed by atoms with Crippen molar-refractivity contribution in [3.63, 3.8) is 0 Å². The van der Waals surface area contributed by atoms with Crippen LogP contribution in [-0.4, -0.2) is 12.5 Å². The van der Waals surface area contributed by atoms with E-state index in [4.69, 9.17) is 5.73 Å². The maximum atomic E-state index is 13.0. The standard InChI is InChI=1S/C16H25FN2O/c1-2-3-6-15(13-8-10-14(17)11-9-13)19-12-5-4-7-16(18)20/h8-11,15,19H,2-7,12H2,1H3,(H2,18,20). The first kappa shape index (κ1) is 16.6. The molecule has 0 fully saturated rings. The van der Waals surface area contributed by atoms with Gasteiger partial charge in [0.05, 0.1) is 0 Å². The molecule has 1 amide bonds. The van der Waals surface area contributed by atoms with Crippen LogP contribution in [0.1, 0.15) is 57.1 Å². The predicted molar refractivity (Wildman–Crippen MR) is 79.7 cm³/mol. The number of rotatable bonds is 10. The second kappa shape index (κ2) is 9.48. The first-order valence-electron chi connectivity index (χ1n) is 7.40.